The van der Waals surface area contributed by atoms with E-state index in [0.717, 1.165) is 10.6 Å². The van der Waals surface area contributed by atoms with Crippen molar-refractivity contribution in [3.63, 3.8) is 0 Å². The number of thiazole rings is 1. The molecule has 0 aliphatic heterocycles. The highest BCUT2D eigenvalue weighted by Gasteiger charge is 2.23. The molecule has 8 nitrogen and oxygen atoms in total. The topological polar surface area (TPSA) is 101 Å². The molecule has 0 saturated carbocycles. The van der Waals surface area contributed by atoms with Gasteiger partial charge in [-0.3, -0.25) is 10.1 Å². The number of rotatable bonds is 8. The molecule has 0 aliphatic carbocycles. The van der Waals surface area contributed by atoms with Crippen LogP contribution in [0.25, 0.3) is 10.6 Å². The van der Waals surface area contributed by atoms with Crippen LogP contribution in [0.5, 0.6) is 11.5 Å². The quantitative estimate of drug-likeness (QED) is 0.289. The number of methoxy groups -OCH3 is 1. The lowest BCUT2D eigenvalue weighted by molar-refractivity contribution is -0.385. The van der Waals surface area contributed by atoms with E-state index in [2.05, 4.69) is 4.98 Å². The summed E-state index contributed by atoms with van der Waals surface area (Å²) >= 11 is 1.39. The Labute approximate surface area is 177 Å². The summed E-state index contributed by atoms with van der Waals surface area (Å²) in [6.07, 6.45) is 0. The molecular formula is C21H20N2O6S. The van der Waals surface area contributed by atoms with Crippen LogP contribution in [0, 0.1) is 17.0 Å². The van der Waals surface area contributed by atoms with Gasteiger partial charge >= 0.3 is 5.97 Å². The summed E-state index contributed by atoms with van der Waals surface area (Å²) < 4.78 is 16.1. The first kappa shape index (κ1) is 21.3. The summed E-state index contributed by atoms with van der Waals surface area (Å²) in [5, 5.41) is 13.8. The van der Waals surface area contributed by atoms with Crippen LogP contribution in [-0.4, -0.2) is 29.6 Å². The Morgan fingerprint density at radius 1 is 1.23 bits per heavy atom. The average Bonchev–Trinajstić information content (AvgIpc) is 3.21. The third-order valence-electron chi connectivity index (χ3n) is 4.25. The molecule has 1 heterocycles. The molecule has 0 unspecified atom stereocenters. The predicted octanol–water partition coefficient (Wildman–Crippen LogP) is 4.79. The molecule has 0 fully saturated rings. The van der Waals surface area contributed by atoms with Gasteiger partial charge < -0.3 is 14.2 Å². The second-order valence-electron chi connectivity index (χ2n) is 6.25. The first-order chi connectivity index (χ1) is 14.4. The van der Waals surface area contributed by atoms with Crippen molar-refractivity contribution in [1.29, 1.82) is 0 Å². The number of nitro benzene ring substituents is 1. The number of carbonyl (C=O) groups excluding carboxylic acids is 1. The van der Waals surface area contributed by atoms with Gasteiger partial charge in [-0.1, -0.05) is 12.1 Å². The van der Waals surface area contributed by atoms with Gasteiger partial charge in [-0.15, -0.1) is 11.3 Å². The van der Waals surface area contributed by atoms with Crippen LogP contribution in [0.15, 0.2) is 41.8 Å². The zero-order valence-corrected chi connectivity index (χ0v) is 17.5. The van der Waals surface area contributed by atoms with E-state index in [1.165, 1.54) is 17.4 Å². The third-order valence-corrected chi connectivity index (χ3v) is 5.19. The van der Waals surface area contributed by atoms with Gasteiger partial charge in [0, 0.05) is 16.5 Å². The Hall–Kier alpha value is -3.46. The minimum atomic E-state index is -0.761. The lowest BCUT2D eigenvalue weighted by Crippen LogP contribution is -2.09. The van der Waals surface area contributed by atoms with Crippen LogP contribution < -0.4 is 9.47 Å². The maximum absolute atomic E-state index is 12.4. The molecule has 0 aliphatic rings. The molecule has 3 rings (SSSR count). The van der Waals surface area contributed by atoms with E-state index in [1.54, 1.807) is 31.5 Å². The summed E-state index contributed by atoms with van der Waals surface area (Å²) in [6.45, 7) is 3.91. The van der Waals surface area contributed by atoms with Gasteiger partial charge in [0.1, 0.15) is 17.2 Å². The maximum atomic E-state index is 12.4. The number of hydrogen-bond acceptors (Lipinski definition) is 8. The first-order valence-electron chi connectivity index (χ1n) is 9.11. The van der Waals surface area contributed by atoms with Gasteiger partial charge in [-0.2, -0.15) is 0 Å². The number of aromatic nitrogens is 1. The molecule has 0 saturated heterocycles. The molecule has 0 spiro atoms. The number of nitrogens with zero attached hydrogens (tertiary/aromatic N) is 2. The summed E-state index contributed by atoms with van der Waals surface area (Å²) in [4.78, 5) is 27.5. The monoisotopic (exact) mass is 428 g/mol. The van der Waals surface area contributed by atoms with Crippen molar-refractivity contribution in [2.75, 3.05) is 13.7 Å². The van der Waals surface area contributed by atoms with Crippen LogP contribution in [0.3, 0.4) is 0 Å². The fourth-order valence-electron chi connectivity index (χ4n) is 2.86. The molecular weight excluding hydrogens is 408 g/mol. The SMILES string of the molecule is CCOc1ccc(-c2nc(COC(=O)c3cccc(C)c3[N+](=O)[O-])cs2)cc1OC. The van der Waals surface area contributed by atoms with Crippen molar-refractivity contribution < 1.29 is 23.9 Å². The molecule has 0 radical (unpaired) electrons. The highest BCUT2D eigenvalue weighted by molar-refractivity contribution is 7.13. The zero-order valence-electron chi connectivity index (χ0n) is 16.7. The van der Waals surface area contributed by atoms with Crippen molar-refractivity contribution in [1.82, 2.24) is 4.98 Å². The minimum absolute atomic E-state index is 0.0771. The van der Waals surface area contributed by atoms with Crippen LogP contribution >= 0.6 is 11.3 Å². The lowest BCUT2D eigenvalue weighted by atomic mass is 10.1. The number of hydrogen-bond donors (Lipinski definition) is 0. The zero-order chi connectivity index (χ0) is 21.7. The third kappa shape index (κ3) is 4.57. The minimum Gasteiger partial charge on any atom is -0.493 e. The van der Waals surface area contributed by atoms with Crippen LogP contribution in [0.2, 0.25) is 0 Å². The van der Waals surface area contributed by atoms with Gasteiger partial charge in [-0.25, -0.2) is 9.78 Å². The number of aryl methyl sites for hydroxylation is 1. The van der Waals surface area contributed by atoms with Gasteiger partial charge in [0.25, 0.3) is 5.69 Å². The Bertz CT molecular complexity index is 1080. The Morgan fingerprint density at radius 3 is 2.73 bits per heavy atom. The van der Waals surface area contributed by atoms with E-state index in [1.807, 2.05) is 25.1 Å². The molecule has 0 N–H and O–H groups in total. The number of esters is 1. The van der Waals surface area contributed by atoms with Gasteiger partial charge in [0.05, 0.1) is 24.3 Å². The van der Waals surface area contributed by atoms with E-state index in [9.17, 15) is 14.9 Å². The first-order valence-corrected chi connectivity index (χ1v) is 9.99. The second kappa shape index (κ2) is 9.36. The van der Waals surface area contributed by atoms with E-state index >= 15 is 0 Å². The van der Waals surface area contributed by atoms with Crippen molar-refractivity contribution in [3.05, 3.63) is 68.7 Å². The van der Waals surface area contributed by atoms with Crippen molar-refractivity contribution in [2.45, 2.75) is 20.5 Å². The normalized spacial score (nSPS) is 10.5. The molecule has 30 heavy (non-hydrogen) atoms. The molecule has 3 aromatic rings. The fraction of sp³-hybridized carbons (Fsp3) is 0.238. The number of nitro groups is 1. The predicted molar refractivity (Wildman–Crippen MR) is 112 cm³/mol. The van der Waals surface area contributed by atoms with E-state index in [-0.39, 0.29) is 17.9 Å². The van der Waals surface area contributed by atoms with Crippen molar-refractivity contribution >= 4 is 23.0 Å². The molecule has 2 aromatic carbocycles. The number of ether oxygens (including phenoxy) is 3. The van der Waals surface area contributed by atoms with Crippen LogP contribution in [0.4, 0.5) is 5.69 Å². The van der Waals surface area contributed by atoms with Gasteiger partial charge in [-0.05, 0) is 38.1 Å². The summed E-state index contributed by atoms with van der Waals surface area (Å²) in [5.41, 5.74) is 1.46. The number of para-hydroxylation sites is 1. The molecule has 0 atom stereocenters. The molecule has 156 valence electrons. The van der Waals surface area contributed by atoms with Crippen molar-refractivity contribution in [2.24, 2.45) is 0 Å². The number of benzene rings is 2. The van der Waals surface area contributed by atoms with Gasteiger partial charge in [0.15, 0.2) is 11.5 Å². The maximum Gasteiger partial charge on any atom is 0.345 e. The average molecular weight is 428 g/mol. The van der Waals surface area contributed by atoms with Gasteiger partial charge in [0.2, 0.25) is 0 Å². The largest absolute Gasteiger partial charge is 0.493 e. The molecule has 9 heteroatoms. The smallest absolute Gasteiger partial charge is 0.345 e. The van der Waals surface area contributed by atoms with Crippen molar-refractivity contribution in [3.8, 4) is 22.1 Å². The highest BCUT2D eigenvalue weighted by atomic mass is 32.1. The van der Waals surface area contributed by atoms with E-state index in [4.69, 9.17) is 14.2 Å². The van der Waals surface area contributed by atoms with E-state index < -0.39 is 10.9 Å². The Morgan fingerprint density at radius 2 is 2.03 bits per heavy atom. The lowest BCUT2D eigenvalue weighted by Gasteiger charge is -2.10. The summed E-state index contributed by atoms with van der Waals surface area (Å²) in [6, 6.07) is 10.1. The summed E-state index contributed by atoms with van der Waals surface area (Å²) in [5.74, 6) is 0.487. The Kier molecular flexibility index (Phi) is 6.63. The van der Waals surface area contributed by atoms with Crippen LogP contribution in [0.1, 0.15) is 28.5 Å². The summed E-state index contributed by atoms with van der Waals surface area (Å²) in [7, 11) is 1.57. The Balaban J connectivity index is 1.73. The second-order valence-corrected chi connectivity index (χ2v) is 7.11. The fourth-order valence-corrected chi connectivity index (χ4v) is 3.67. The molecule has 1 aromatic heterocycles. The molecule has 0 amide bonds. The standard InChI is InChI=1S/C21H20N2O6S/c1-4-28-17-9-8-14(10-18(17)27-3)20-22-15(12-30-20)11-29-21(24)16-7-5-6-13(2)19(16)23(25)26/h5-10,12H,4,11H2,1-3H3. The number of carbonyl (C=O) groups is 1. The highest BCUT2D eigenvalue weighted by Crippen LogP contribution is 2.34. The van der Waals surface area contributed by atoms with Crippen LogP contribution in [-0.2, 0) is 11.3 Å². The molecule has 0 bridgehead atoms. The van der Waals surface area contributed by atoms with E-state index in [0.29, 0.717) is 29.4 Å².